The Balaban J connectivity index is 3.01. The second-order valence-electron chi connectivity index (χ2n) is 4.26. The summed E-state index contributed by atoms with van der Waals surface area (Å²) in [6.45, 7) is 6.26. The quantitative estimate of drug-likeness (QED) is 0.875. The van der Waals surface area contributed by atoms with E-state index in [1.807, 2.05) is 0 Å². The molecular weight excluding hydrogens is 284 g/mol. The molecule has 0 aliphatic heterocycles. The van der Waals surface area contributed by atoms with Gasteiger partial charge in [0.2, 0.25) is 0 Å². The molecule has 0 aromatic carbocycles. The SMILES string of the molecule is CCC(Nc1ncc(Br)cc1C(=O)O)C(C)C. The van der Waals surface area contributed by atoms with Gasteiger partial charge in [-0.1, -0.05) is 20.8 Å². The molecule has 0 amide bonds. The van der Waals surface area contributed by atoms with Crippen LogP contribution in [0.1, 0.15) is 37.6 Å². The molecule has 0 fully saturated rings. The van der Waals surface area contributed by atoms with Gasteiger partial charge in [-0.05, 0) is 34.3 Å². The van der Waals surface area contributed by atoms with Crippen LogP contribution in [0.25, 0.3) is 0 Å². The molecule has 94 valence electrons. The van der Waals surface area contributed by atoms with Crippen molar-refractivity contribution in [2.45, 2.75) is 33.2 Å². The third kappa shape index (κ3) is 3.70. The van der Waals surface area contributed by atoms with E-state index >= 15 is 0 Å². The Bertz CT molecular complexity index is 407. The summed E-state index contributed by atoms with van der Waals surface area (Å²) < 4.78 is 0.665. The fraction of sp³-hybridized carbons (Fsp3) is 0.500. The largest absolute Gasteiger partial charge is 0.478 e. The van der Waals surface area contributed by atoms with Crippen LogP contribution < -0.4 is 5.32 Å². The molecule has 17 heavy (non-hydrogen) atoms. The summed E-state index contributed by atoms with van der Waals surface area (Å²) in [5, 5.41) is 12.3. The number of aromatic nitrogens is 1. The van der Waals surface area contributed by atoms with Crippen LogP contribution in [0.15, 0.2) is 16.7 Å². The van der Waals surface area contributed by atoms with E-state index in [1.54, 1.807) is 12.3 Å². The molecule has 1 heterocycles. The van der Waals surface area contributed by atoms with E-state index in [4.69, 9.17) is 5.11 Å². The highest BCUT2D eigenvalue weighted by Crippen LogP contribution is 2.21. The molecule has 4 nitrogen and oxygen atoms in total. The van der Waals surface area contributed by atoms with Gasteiger partial charge in [0, 0.05) is 16.7 Å². The molecule has 0 bridgehead atoms. The Hall–Kier alpha value is -1.10. The highest BCUT2D eigenvalue weighted by Gasteiger charge is 2.17. The van der Waals surface area contributed by atoms with E-state index in [0.717, 1.165) is 6.42 Å². The zero-order valence-corrected chi connectivity index (χ0v) is 11.8. The third-order valence-corrected chi connectivity index (χ3v) is 3.09. The van der Waals surface area contributed by atoms with Crippen LogP contribution in [0.3, 0.4) is 0 Å². The first-order valence-corrected chi connectivity index (χ1v) is 6.40. The first-order valence-electron chi connectivity index (χ1n) is 5.61. The van der Waals surface area contributed by atoms with Crippen LogP contribution in [-0.4, -0.2) is 22.1 Å². The summed E-state index contributed by atoms with van der Waals surface area (Å²) in [6.07, 6.45) is 2.52. The lowest BCUT2D eigenvalue weighted by Gasteiger charge is -2.22. The number of anilines is 1. The van der Waals surface area contributed by atoms with Gasteiger partial charge in [-0.15, -0.1) is 0 Å². The summed E-state index contributed by atoms with van der Waals surface area (Å²) in [7, 11) is 0. The first kappa shape index (κ1) is 14.0. The number of pyridine rings is 1. The molecule has 2 N–H and O–H groups in total. The van der Waals surface area contributed by atoms with Gasteiger partial charge in [0.25, 0.3) is 0 Å². The zero-order chi connectivity index (χ0) is 13.0. The van der Waals surface area contributed by atoms with Crippen molar-refractivity contribution in [2.24, 2.45) is 5.92 Å². The summed E-state index contributed by atoms with van der Waals surface area (Å²) in [5.74, 6) is -0.117. The van der Waals surface area contributed by atoms with E-state index in [1.165, 1.54) is 0 Å². The molecule has 0 spiro atoms. The maximum atomic E-state index is 11.1. The number of carboxylic acid groups (broad SMARTS) is 1. The van der Waals surface area contributed by atoms with Crippen LogP contribution in [0.4, 0.5) is 5.82 Å². The van der Waals surface area contributed by atoms with E-state index in [2.05, 4.69) is 47.0 Å². The minimum Gasteiger partial charge on any atom is -0.478 e. The van der Waals surface area contributed by atoms with Crippen molar-refractivity contribution in [1.82, 2.24) is 4.98 Å². The number of carboxylic acids is 1. The van der Waals surface area contributed by atoms with Gasteiger partial charge >= 0.3 is 5.97 Å². The molecule has 5 heteroatoms. The van der Waals surface area contributed by atoms with Crippen LogP contribution in [-0.2, 0) is 0 Å². The number of aromatic carboxylic acids is 1. The first-order chi connectivity index (χ1) is 7.95. The van der Waals surface area contributed by atoms with Gasteiger partial charge in [-0.25, -0.2) is 9.78 Å². The standard InChI is InChI=1S/C12H17BrN2O2/c1-4-10(7(2)3)15-11-9(12(16)17)5-8(13)6-14-11/h5-7,10H,4H2,1-3H3,(H,14,15)(H,16,17). The summed E-state index contributed by atoms with van der Waals surface area (Å²) >= 11 is 3.22. The van der Waals surface area contributed by atoms with Crippen molar-refractivity contribution < 1.29 is 9.90 Å². The predicted molar refractivity (Wildman–Crippen MR) is 71.4 cm³/mol. The Morgan fingerprint density at radius 3 is 2.71 bits per heavy atom. The number of nitrogens with zero attached hydrogens (tertiary/aromatic N) is 1. The van der Waals surface area contributed by atoms with Gasteiger partial charge in [-0.3, -0.25) is 0 Å². The van der Waals surface area contributed by atoms with Crippen molar-refractivity contribution in [3.8, 4) is 0 Å². The molecule has 0 aliphatic carbocycles. The summed E-state index contributed by atoms with van der Waals surface area (Å²) in [6, 6.07) is 1.78. The number of rotatable bonds is 5. The molecule has 0 aliphatic rings. The van der Waals surface area contributed by atoms with Crippen LogP contribution >= 0.6 is 15.9 Å². The molecule has 1 aromatic heterocycles. The summed E-state index contributed by atoms with van der Waals surface area (Å²) in [5.41, 5.74) is 0.193. The third-order valence-electron chi connectivity index (χ3n) is 2.65. The minimum absolute atomic E-state index is 0.193. The van der Waals surface area contributed by atoms with E-state index in [9.17, 15) is 4.79 Å². The van der Waals surface area contributed by atoms with Crippen LogP contribution in [0, 0.1) is 5.92 Å². The maximum Gasteiger partial charge on any atom is 0.339 e. The van der Waals surface area contributed by atoms with Crippen LogP contribution in [0.5, 0.6) is 0 Å². The maximum absolute atomic E-state index is 11.1. The highest BCUT2D eigenvalue weighted by atomic mass is 79.9. The fourth-order valence-electron chi connectivity index (χ4n) is 1.63. The van der Waals surface area contributed by atoms with Crippen molar-refractivity contribution in [3.63, 3.8) is 0 Å². The number of hydrogen-bond donors (Lipinski definition) is 2. The molecule has 1 unspecified atom stereocenters. The van der Waals surface area contributed by atoms with Gasteiger partial charge in [0.1, 0.15) is 11.4 Å². The highest BCUT2D eigenvalue weighted by molar-refractivity contribution is 9.10. The number of nitrogens with one attached hydrogen (secondary N) is 1. The van der Waals surface area contributed by atoms with Crippen molar-refractivity contribution in [3.05, 3.63) is 22.3 Å². The Labute approximate surface area is 110 Å². The van der Waals surface area contributed by atoms with E-state index in [0.29, 0.717) is 16.2 Å². The van der Waals surface area contributed by atoms with Gasteiger partial charge in [-0.2, -0.15) is 0 Å². The normalized spacial score (nSPS) is 12.5. The van der Waals surface area contributed by atoms with Gasteiger partial charge in [0.05, 0.1) is 0 Å². The Kier molecular flexibility index (Phi) is 4.93. The molecule has 1 aromatic rings. The second kappa shape index (κ2) is 6.00. The van der Waals surface area contributed by atoms with Crippen molar-refractivity contribution in [1.29, 1.82) is 0 Å². The lowest BCUT2D eigenvalue weighted by Crippen LogP contribution is -2.26. The Morgan fingerprint density at radius 1 is 1.59 bits per heavy atom. The molecule has 0 saturated heterocycles. The minimum atomic E-state index is -0.972. The number of carbonyl (C=O) groups is 1. The lowest BCUT2D eigenvalue weighted by molar-refractivity contribution is 0.0697. The molecule has 0 radical (unpaired) electrons. The smallest absolute Gasteiger partial charge is 0.339 e. The average molecular weight is 301 g/mol. The molecular formula is C12H17BrN2O2. The van der Waals surface area contributed by atoms with Gasteiger partial charge < -0.3 is 10.4 Å². The van der Waals surface area contributed by atoms with Crippen LogP contribution in [0.2, 0.25) is 0 Å². The predicted octanol–water partition coefficient (Wildman–Crippen LogP) is 3.39. The Morgan fingerprint density at radius 2 is 2.24 bits per heavy atom. The fourth-order valence-corrected chi connectivity index (χ4v) is 1.96. The average Bonchev–Trinajstić information content (AvgIpc) is 2.26. The number of hydrogen-bond acceptors (Lipinski definition) is 3. The zero-order valence-electron chi connectivity index (χ0n) is 10.2. The molecule has 1 rings (SSSR count). The van der Waals surface area contributed by atoms with Crippen molar-refractivity contribution in [2.75, 3.05) is 5.32 Å². The lowest BCUT2D eigenvalue weighted by atomic mass is 10.0. The van der Waals surface area contributed by atoms with Gasteiger partial charge in [0.15, 0.2) is 0 Å². The molecule has 0 saturated carbocycles. The molecule has 1 atom stereocenters. The number of halogens is 1. The topological polar surface area (TPSA) is 62.2 Å². The van der Waals surface area contributed by atoms with E-state index in [-0.39, 0.29) is 11.6 Å². The van der Waals surface area contributed by atoms with Crippen molar-refractivity contribution >= 4 is 27.7 Å². The second-order valence-corrected chi connectivity index (χ2v) is 5.17. The van der Waals surface area contributed by atoms with E-state index < -0.39 is 5.97 Å². The monoisotopic (exact) mass is 300 g/mol. The summed E-state index contributed by atoms with van der Waals surface area (Å²) in [4.78, 5) is 15.2.